The van der Waals surface area contributed by atoms with E-state index in [2.05, 4.69) is 6.58 Å². The van der Waals surface area contributed by atoms with E-state index in [-0.39, 0.29) is 23.0 Å². The van der Waals surface area contributed by atoms with Gasteiger partial charge in [-0.05, 0) is 32.4 Å². The Morgan fingerprint density at radius 3 is 2.42 bits per heavy atom. The molecule has 0 saturated carbocycles. The Morgan fingerprint density at radius 2 is 2.00 bits per heavy atom. The number of hydrogen-bond acceptors (Lipinski definition) is 3. The van der Waals surface area contributed by atoms with Crippen LogP contribution in [0.3, 0.4) is 0 Å². The number of rotatable bonds is 5. The van der Waals surface area contributed by atoms with E-state index >= 15 is 0 Å². The van der Waals surface area contributed by atoms with Gasteiger partial charge in [0.15, 0.2) is 5.78 Å². The van der Waals surface area contributed by atoms with Crippen LogP contribution in [0.1, 0.15) is 36.7 Å². The maximum absolute atomic E-state index is 11.6. The Morgan fingerprint density at radius 1 is 1.37 bits per heavy atom. The molecule has 0 spiro atoms. The van der Waals surface area contributed by atoms with Crippen LogP contribution < -0.4 is 4.90 Å². The number of allylic oxidation sites excluding steroid dienone is 1. The van der Waals surface area contributed by atoms with Crippen LogP contribution in [-0.4, -0.2) is 23.3 Å². The lowest BCUT2D eigenvalue weighted by Gasteiger charge is -2.23. The predicted molar refractivity (Wildman–Crippen MR) is 75.7 cm³/mol. The zero-order valence-corrected chi connectivity index (χ0v) is 11.6. The summed E-state index contributed by atoms with van der Waals surface area (Å²) in [7, 11) is 0. The first-order valence-corrected chi connectivity index (χ1v) is 6.18. The highest BCUT2D eigenvalue weighted by Crippen LogP contribution is 2.33. The minimum absolute atomic E-state index is 0.0652. The normalized spacial score (nSPS) is 10.1. The number of aromatic hydroxyl groups is 1. The third-order valence-corrected chi connectivity index (χ3v) is 2.97. The van der Waals surface area contributed by atoms with E-state index in [9.17, 15) is 14.7 Å². The lowest BCUT2D eigenvalue weighted by atomic mass is 10.0. The molecule has 0 aliphatic heterocycles. The van der Waals surface area contributed by atoms with Crippen molar-refractivity contribution in [3.05, 3.63) is 35.9 Å². The number of Topliss-reactive ketones (excluding diaryl/α,β-unsaturated/α-hetero) is 1. The van der Waals surface area contributed by atoms with Crippen molar-refractivity contribution in [2.24, 2.45) is 0 Å². The van der Waals surface area contributed by atoms with Crippen molar-refractivity contribution in [3.8, 4) is 5.75 Å². The zero-order valence-electron chi connectivity index (χ0n) is 11.6. The van der Waals surface area contributed by atoms with Crippen LogP contribution in [0.15, 0.2) is 24.8 Å². The van der Waals surface area contributed by atoms with E-state index in [0.29, 0.717) is 24.2 Å². The molecule has 1 N–H and O–H groups in total. The number of anilines is 1. The van der Waals surface area contributed by atoms with Crippen molar-refractivity contribution in [2.45, 2.75) is 27.2 Å². The Kier molecular flexibility index (Phi) is 4.87. The zero-order chi connectivity index (χ0) is 14.6. The van der Waals surface area contributed by atoms with Crippen molar-refractivity contribution in [2.75, 3.05) is 11.4 Å². The van der Waals surface area contributed by atoms with Gasteiger partial charge in [0, 0.05) is 19.0 Å². The van der Waals surface area contributed by atoms with E-state index in [1.54, 1.807) is 23.1 Å². The van der Waals surface area contributed by atoms with E-state index in [1.807, 2.05) is 6.92 Å². The van der Waals surface area contributed by atoms with Crippen molar-refractivity contribution < 1.29 is 14.7 Å². The summed E-state index contributed by atoms with van der Waals surface area (Å²) in [5.74, 6) is -0.382. The molecule has 0 saturated heterocycles. The summed E-state index contributed by atoms with van der Waals surface area (Å²) >= 11 is 0. The lowest BCUT2D eigenvalue weighted by molar-refractivity contribution is -0.116. The molecule has 1 rings (SSSR count). The SMILES string of the molecule is C=CCc1c(N(CC)C(C)=O)ccc(C(C)=O)c1O. The van der Waals surface area contributed by atoms with Gasteiger partial charge in [-0.15, -0.1) is 6.58 Å². The highest BCUT2D eigenvalue weighted by atomic mass is 16.3. The maximum atomic E-state index is 11.6. The molecule has 0 radical (unpaired) electrons. The van der Waals surface area contributed by atoms with Gasteiger partial charge in [0.2, 0.25) is 5.91 Å². The average molecular weight is 261 g/mol. The second-order valence-corrected chi connectivity index (χ2v) is 4.27. The van der Waals surface area contributed by atoms with Crippen LogP contribution in [0.25, 0.3) is 0 Å². The molecule has 4 heteroatoms. The minimum Gasteiger partial charge on any atom is -0.507 e. The third kappa shape index (κ3) is 3.02. The van der Waals surface area contributed by atoms with Gasteiger partial charge >= 0.3 is 0 Å². The molecule has 19 heavy (non-hydrogen) atoms. The first kappa shape index (κ1) is 15.0. The molecule has 0 atom stereocenters. The van der Waals surface area contributed by atoms with E-state index in [0.717, 1.165) is 0 Å². The quantitative estimate of drug-likeness (QED) is 0.655. The van der Waals surface area contributed by atoms with E-state index in [4.69, 9.17) is 0 Å². The smallest absolute Gasteiger partial charge is 0.223 e. The van der Waals surface area contributed by atoms with Crippen LogP contribution >= 0.6 is 0 Å². The fraction of sp³-hybridized carbons (Fsp3) is 0.333. The molecule has 0 unspecified atom stereocenters. The van der Waals surface area contributed by atoms with Gasteiger partial charge in [0.1, 0.15) is 5.75 Å². The molecule has 4 nitrogen and oxygen atoms in total. The number of amides is 1. The molecular weight excluding hydrogens is 242 g/mol. The van der Waals surface area contributed by atoms with Gasteiger partial charge in [-0.2, -0.15) is 0 Å². The van der Waals surface area contributed by atoms with E-state index in [1.165, 1.54) is 13.8 Å². The summed E-state index contributed by atoms with van der Waals surface area (Å²) in [5, 5.41) is 10.2. The standard InChI is InChI=1S/C15H19NO3/c1-5-7-13-14(16(6-2)11(4)18)9-8-12(10(3)17)15(13)19/h5,8-9,19H,1,6-7H2,2-4H3. The van der Waals surface area contributed by atoms with Gasteiger partial charge in [0.05, 0.1) is 11.3 Å². The molecule has 1 amide bonds. The first-order chi connectivity index (χ1) is 8.93. The number of phenols is 1. The summed E-state index contributed by atoms with van der Waals surface area (Å²) < 4.78 is 0. The molecule has 1 aromatic carbocycles. The monoisotopic (exact) mass is 261 g/mol. The number of phenolic OH excluding ortho intramolecular Hbond substituents is 1. The molecule has 102 valence electrons. The van der Waals surface area contributed by atoms with Crippen LogP contribution in [0.5, 0.6) is 5.75 Å². The fourth-order valence-corrected chi connectivity index (χ4v) is 2.07. The van der Waals surface area contributed by atoms with Crippen LogP contribution in [0, 0.1) is 0 Å². The summed E-state index contributed by atoms with van der Waals surface area (Å²) in [4.78, 5) is 24.6. The number of hydrogen-bond donors (Lipinski definition) is 1. The summed E-state index contributed by atoms with van der Waals surface area (Å²) in [6.07, 6.45) is 2.03. The van der Waals surface area contributed by atoms with Gasteiger partial charge in [-0.3, -0.25) is 9.59 Å². The number of carbonyl (C=O) groups is 2. The van der Waals surface area contributed by atoms with Crippen molar-refractivity contribution in [1.29, 1.82) is 0 Å². The fourth-order valence-electron chi connectivity index (χ4n) is 2.07. The summed E-state index contributed by atoms with van der Waals surface area (Å²) in [6.45, 7) is 8.86. The second kappa shape index (κ2) is 6.18. The summed E-state index contributed by atoms with van der Waals surface area (Å²) in [6, 6.07) is 3.24. The number of carbonyl (C=O) groups excluding carboxylic acids is 2. The largest absolute Gasteiger partial charge is 0.507 e. The number of benzene rings is 1. The molecule has 0 heterocycles. The molecule has 0 bridgehead atoms. The Balaban J connectivity index is 3.48. The van der Waals surface area contributed by atoms with Crippen LogP contribution in [0.2, 0.25) is 0 Å². The Hall–Kier alpha value is -2.10. The highest BCUT2D eigenvalue weighted by Gasteiger charge is 2.19. The molecule has 0 aromatic heterocycles. The van der Waals surface area contributed by atoms with Crippen molar-refractivity contribution >= 4 is 17.4 Å². The minimum atomic E-state index is -0.208. The van der Waals surface area contributed by atoms with Gasteiger partial charge in [0.25, 0.3) is 0 Å². The van der Waals surface area contributed by atoms with Gasteiger partial charge in [-0.25, -0.2) is 0 Å². The van der Waals surface area contributed by atoms with Crippen LogP contribution in [0.4, 0.5) is 5.69 Å². The van der Waals surface area contributed by atoms with E-state index < -0.39 is 0 Å². The highest BCUT2D eigenvalue weighted by molar-refractivity contribution is 5.99. The topological polar surface area (TPSA) is 57.6 Å². The first-order valence-electron chi connectivity index (χ1n) is 6.18. The van der Waals surface area contributed by atoms with Gasteiger partial charge in [-0.1, -0.05) is 6.08 Å². The molecule has 0 aliphatic carbocycles. The third-order valence-electron chi connectivity index (χ3n) is 2.97. The molecular formula is C15H19NO3. The van der Waals surface area contributed by atoms with Crippen molar-refractivity contribution in [3.63, 3.8) is 0 Å². The lowest BCUT2D eigenvalue weighted by Crippen LogP contribution is -2.29. The summed E-state index contributed by atoms with van der Waals surface area (Å²) in [5.41, 5.74) is 1.44. The Labute approximate surface area is 113 Å². The molecule has 0 fully saturated rings. The maximum Gasteiger partial charge on any atom is 0.223 e. The van der Waals surface area contributed by atoms with Gasteiger partial charge < -0.3 is 10.0 Å². The average Bonchev–Trinajstić information content (AvgIpc) is 2.33. The molecule has 0 aliphatic rings. The number of nitrogens with zero attached hydrogens (tertiary/aromatic N) is 1. The molecule has 1 aromatic rings. The predicted octanol–water partition coefficient (Wildman–Crippen LogP) is 2.70. The van der Waals surface area contributed by atoms with Crippen molar-refractivity contribution in [1.82, 2.24) is 0 Å². The second-order valence-electron chi connectivity index (χ2n) is 4.27. The Bertz CT molecular complexity index is 520. The number of ketones is 1. The van der Waals surface area contributed by atoms with Crippen LogP contribution in [-0.2, 0) is 11.2 Å².